The SMILES string of the molecule is Cn1cnc(-c2ccc(-c3ccc4ncc5c(c4c3)n(C3CCNC3)c(=O)n5C)cn2)n1. The molecule has 1 fully saturated rings. The molecule has 4 aromatic heterocycles. The van der Waals surface area contributed by atoms with E-state index in [1.54, 1.807) is 21.8 Å². The Bertz CT molecular complexity index is 1520. The van der Waals surface area contributed by atoms with Crippen LogP contribution in [0.1, 0.15) is 12.5 Å². The van der Waals surface area contributed by atoms with Gasteiger partial charge in [-0.1, -0.05) is 12.1 Å². The van der Waals surface area contributed by atoms with Crippen molar-refractivity contribution < 1.29 is 0 Å². The summed E-state index contributed by atoms with van der Waals surface area (Å²) in [6.07, 6.45) is 6.23. The van der Waals surface area contributed by atoms with Crippen LogP contribution in [0.15, 0.2) is 53.8 Å². The number of nitrogens with one attached hydrogen (secondary N) is 1. The van der Waals surface area contributed by atoms with Crippen LogP contribution < -0.4 is 11.0 Å². The average molecular weight is 426 g/mol. The van der Waals surface area contributed by atoms with Gasteiger partial charge in [0, 0.05) is 37.8 Å². The molecule has 0 spiro atoms. The van der Waals surface area contributed by atoms with Gasteiger partial charge in [-0.15, -0.1) is 5.10 Å². The Kier molecular flexibility index (Phi) is 4.19. The lowest BCUT2D eigenvalue weighted by Gasteiger charge is -2.12. The summed E-state index contributed by atoms with van der Waals surface area (Å²) in [4.78, 5) is 26.5. The first-order valence-corrected chi connectivity index (χ1v) is 10.6. The Hall–Kier alpha value is -3.85. The van der Waals surface area contributed by atoms with Crippen molar-refractivity contribution in [3.05, 3.63) is 59.5 Å². The van der Waals surface area contributed by atoms with Crippen molar-refractivity contribution in [1.29, 1.82) is 0 Å². The van der Waals surface area contributed by atoms with Crippen LogP contribution in [0, 0.1) is 0 Å². The summed E-state index contributed by atoms with van der Waals surface area (Å²) in [7, 11) is 3.65. The maximum absolute atomic E-state index is 13.1. The van der Waals surface area contributed by atoms with Crippen molar-refractivity contribution in [2.24, 2.45) is 14.1 Å². The Morgan fingerprint density at radius 2 is 1.91 bits per heavy atom. The molecule has 1 aliphatic rings. The molecule has 1 saturated heterocycles. The first kappa shape index (κ1) is 18.9. The number of aryl methyl sites for hydroxylation is 2. The second-order valence-corrected chi connectivity index (χ2v) is 8.26. The maximum atomic E-state index is 13.1. The van der Waals surface area contributed by atoms with Crippen molar-refractivity contribution in [1.82, 2.24) is 39.2 Å². The van der Waals surface area contributed by atoms with E-state index in [0.717, 1.165) is 58.3 Å². The highest BCUT2D eigenvalue weighted by Crippen LogP contribution is 2.31. The van der Waals surface area contributed by atoms with Crippen LogP contribution in [-0.4, -0.2) is 47.0 Å². The van der Waals surface area contributed by atoms with Crippen LogP contribution in [0.25, 0.3) is 44.6 Å². The zero-order valence-corrected chi connectivity index (χ0v) is 17.9. The first-order chi connectivity index (χ1) is 15.6. The van der Waals surface area contributed by atoms with E-state index in [0.29, 0.717) is 5.82 Å². The minimum Gasteiger partial charge on any atom is -0.315 e. The highest BCUT2D eigenvalue weighted by atomic mass is 16.1. The number of rotatable bonds is 3. The van der Waals surface area contributed by atoms with Crippen molar-refractivity contribution in [3.8, 4) is 22.6 Å². The fourth-order valence-electron chi connectivity index (χ4n) is 4.56. The van der Waals surface area contributed by atoms with E-state index >= 15 is 0 Å². The molecule has 1 unspecified atom stereocenters. The maximum Gasteiger partial charge on any atom is 0.329 e. The molecule has 0 saturated carbocycles. The first-order valence-electron chi connectivity index (χ1n) is 10.6. The smallest absolute Gasteiger partial charge is 0.315 e. The molecular weight excluding hydrogens is 404 g/mol. The van der Waals surface area contributed by atoms with Gasteiger partial charge in [0.2, 0.25) is 0 Å². The summed E-state index contributed by atoms with van der Waals surface area (Å²) in [5.74, 6) is 0.599. The predicted molar refractivity (Wildman–Crippen MR) is 122 cm³/mol. The molecule has 160 valence electrons. The highest BCUT2D eigenvalue weighted by molar-refractivity contribution is 6.04. The summed E-state index contributed by atoms with van der Waals surface area (Å²) in [5.41, 5.74) is 5.39. The number of fused-ring (bicyclic) bond motifs is 3. The van der Waals surface area contributed by atoms with Crippen molar-refractivity contribution in [2.75, 3.05) is 13.1 Å². The van der Waals surface area contributed by atoms with Gasteiger partial charge in [-0.25, -0.2) is 9.78 Å². The minimum absolute atomic E-state index is 0.00211. The summed E-state index contributed by atoms with van der Waals surface area (Å²) >= 11 is 0. The molecule has 1 N–H and O–H groups in total. The Morgan fingerprint density at radius 1 is 1.03 bits per heavy atom. The summed E-state index contributed by atoms with van der Waals surface area (Å²) < 4.78 is 5.30. The molecule has 1 atom stereocenters. The average Bonchev–Trinajstić information content (AvgIpc) is 3.55. The fourth-order valence-corrected chi connectivity index (χ4v) is 4.56. The molecule has 5 heterocycles. The van der Waals surface area contributed by atoms with Crippen LogP contribution in [0.4, 0.5) is 0 Å². The number of nitrogens with zero attached hydrogens (tertiary/aromatic N) is 7. The molecule has 9 heteroatoms. The van der Waals surface area contributed by atoms with Gasteiger partial charge >= 0.3 is 5.69 Å². The lowest BCUT2D eigenvalue weighted by atomic mass is 10.0. The largest absolute Gasteiger partial charge is 0.329 e. The van der Waals surface area contributed by atoms with Gasteiger partial charge in [-0.05, 0) is 36.7 Å². The van der Waals surface area contributed by atoms with Crippen LogP contribution >= 0.6 is 0 Å². The second-order valence-electron chi connectivity index (χ2n) is 8.26. The van der Waals surface area contributed by atoms with Crippen molar-refractivity contribution in [2.45, 2.75) is 12.5 Å². The van der Waals surface area contributed by atoms with Gasteiger partial charge in [0.05, 0.1) is 28.8 Å². The van der Waals surface area contributed by atoms with Crippen molar-refractivity contribution >= 4 is 21.9 Å². The predicted octanol–water partition coefficient (Wildman–Crippen LogP) is 2.28. The third-order valence-corrected chi connectivity index (χ3v) is 6.24. The summed E-state index contributed by atoms with van der Waals surface area (Å²) in [5, 5.41) is 8.66. The highest BCUT2D eigenvalue weighted by Gasteiger charge is 2.24. The Balaban J connectivity index is 1.51. The van der Waals surface area contributed by atoms with Gasteiger partial charge in [-0.2, -0.15) is 0 Å². The standard InChI is InChI=1S/C23H22N8O/c1-29-13-27-22(28-29)19-6-4-15(10-25-19)14-3-5-18-17(9-14)21-20(12-26-18)30(2)23(32)31(21)16-7-8-24-11-16/h3-6,9-10,12-13,16,24H,7-8,11H2,1-2H3. The number of pyridine rings is 2. The number of imidazole rings is 1. The molecule has 0 radical (unpaired) electrons. The minimum atomic E-state index is 0.00211. The Morgan fingerprint density at radius 3 is 2.62 bits per heavy atom. The molecule has 32 heavy (non-hydrogen) atoms. The molecule has 9 nitrogen and oxygen atoms in total. The molecule has 6 rings (SSSR count). The monoisotopic (exact) mass is 426 g/mol. The fraction of sp³-hybridized carbons (Fsp3) is 0.261. The van der Waals surface area contributed by atoms with E-state index in [2.05, 4.69) is 31.4 Å². The summed E-state index contributed by atoms with van der Waals surface area (Å²) in [6, 6.07) is 10.3. The van der Waals surface area contributed by atoms with E-state index in [4.69, 9.17) is 0 Å². The molecule has 1 aliphatic heterocycles. The van der Waals surface area contributed by atoms with E-state index < -0.39 is 0 Å². The molecule has 0 aliphatic carbocycles. The third-order valence-electron chi connectivity index (χ3n) is 6.24. The van der Waals surface area contributed by atoms with Gasteiger partial charge in [-0.3, -0.25) is 23.8 Å². The van der Waals surface area contributed by atoms with Gasteiger partial charge in [0.1, 0.15) is 12.0 Å². The van der Waals surface area contributed by atoms with E-state index in [1.807, 2.05) is 49.1 Å². The van der Waals surface area contributed by atoms with Gasteiger partial charge in [0.25, 0.3) is 0 Å². The Labute approximate surface area is 183 Å². The van der Waals surface area contributed by atoms with E-state index in [1.165, 1.54) is 0 Å². The summed E-state index contributed by atoms with van der Waals surface area (Å²) in [6.45, 7) is 1.72. The molecule has 1 aromatic carbocycles. The van der Waals surface area contributed by atoms with Crippen LogP contribution in [0.2, 0.25) is 0 Å². The van der Waals surface area contributed by atoms with Crippen LogP contribution in [0.3, 0.4) is 0 Å². The number of benzene rings is 1. The lowest BCUT2D eigenvalue weighted by Crippen LogP contribution is -2.27. The van der Waals surface area contributed by atoms with Gasteiger partial charge in [0.15, 0.2) is 5.82 Å². The normalized spacial score (nSPS) is 16.4. The zero-order valence-electron chi connectivity index (χ0n) is 17.9. The number of hydrogen-bond acceptors (Lipinski definition) is 6. The second kappa shape index (κ2) is 7.10. The zero-order chi connectivity index (χ0) is 21.8. The van der Waals surface area contributed by atoms with Crippen LogP contribution in [0.5, 0.6) is 0 Å². The van der Waals surface area contributed by atoms with Crippen LogP contribution in [-0.2, 0) is 14.1 Å². The van der Waals surface area contributed by atoms with Crippen molar-refractivity contribution in [3.63, 3.8) is 0 Å². The van der Waals surface area contributed by atoms with E-state index in [9.17, 15) is 4.79 Å². The molecular formula is C23H22N8O. The molecule has 5 aromatic rings. The molecule has 0 amide bonds. The quantitative estimate of drug-likeness (QED) is 0.476. The third kappa shape index (κ3) is 2.85. The number of aromatic nitrogens is 7. The molecule has 0 bridgehead atoms. The topological polar surface area (TPSA) is 95.5 Å². The number of hydrogen-bond donors (Lipinski definition) is 1. The lowest BCUT2D eigenvalue weighted by molar-refractivity contribution is 0.536. The van der Waals surface area contributed by atoms with Gasteiger partial charge < -0.3 is 5.32 Å². The van der Waals surface area contributed by atoms with E-state index in [-0.39, 0.29) is 11.7 Å².